The molecular formula is C31H35ClN4O3. The highest BCUT2D eigenvalue weighted by molar-refractivity contribution is 6.30. The lowest BCUT2D eigenvalue weighted by Gasteiger charge is -2.43. The summed E-state index contributed by atoms with van der Waals surface area (Å²) in [6.45, 7) is 5.89. The van der Waals surface area contributed by atoms with Crippen LogP contribution in [0.15, 0.2) is 71.3 Å². The molecule has 1 saturated carbocycles. The number of carbonyl (C=O) groups excluding carboxylic acids is 2. The molecule has 2 saturated heterocycles. The Balaban J connectivity index is 1.16. The van der Waals surface area contributed by atoms with Gasteiger partial charge in [0.25, 0.3) is 5.91 Å². The van der Waals surface area contributed by atoms with Crippen LogP contribution in [0.25, 0.3) is 0 Å². The first kappa shape index (κ1) is 26.0. The Hall–Kier alpha value is -3.29. The zero-order valence-electron chi connectivity index (χ0n) is 22.5. The molecule has 7 nitrogen and oxygen atoms in total. The van der Waals surface area contributed by atoms with Crippen LogP contribution in [0.4, 0.5) is 5.69 Å². The van der Waals surface area contributed by atoms with Crippen molar-refractivity contribution in [2.45, 2.75) is 37.1 Å². The molecule has 6 rings (SSSR count). The summed E-state index contributed by atoms with van der Waals surface area (Å²) in [7, 11) is 1.84. The van der Waals surface area contributed by atoms with E-state index in [1.165, 1.54) is 17.4 Å². The molecule has 39 heavy (non-hydrogen) atoms. The molecule has 1 aromatic heterocycles. The minimum Gasteiger partial charge on any atom is -0.459 e. The van der Waals surface area contributed by atoms with Gasteiger partial charge in [-0.3, -0.25) is 9.59 Å². The summed E-state index contributed by atoms with van der Waals surface area (Å²) in [6, 6.07) is 19.9. The van der Waals surface area contributed by atoms with E-state index in [9.17, 15) is 9.59 Å². The Labute approximate surface area is 234 Å². The molecule has 3 fully saturated rings. The fraction of sp³-hybridized carbons (Fsp3) is 0.419. The molecule has 8 heteroatoms. The minimum absolute atomic E-state index is 0.115. The number of rotatable bonds is 7. The van der Waals surface area contributed by atoms with Crippen LogP contribution in [0.2, 0.25) is 5.02 Å². The summed E-state index contributed by atoms with van der Waals surface area (Å²) < 4.78 is 5.37. The van der Waals surface area contributed by atoms with Gasteiger partial charge >= 0.3 is 0 Å². The number of carbonyl (C=O) groups is 2. The highest BCUT2D eigenvalue weighted by Gasteiger charge is 2.57. The number of benzene rings is 2. The lowest BCUT2D eigenvalue weighted by Crippen LogP contribution is -2.56. The third-order valence-electron chi connectivity index (χ3n) is 9.04. The quantitative estimate of drug-likeness (QED) is 0.465. The van der Waals surface area contributed by atoms with Gasteiger partial charge in [-0.05, 0) is 79.6 Å². The topological polar surface area (TPSA) is 69.0 Å². The smallest absolute Gasteiger partial charge is 0.289 e. The van der Waals surface area contributed by atoms with Gasteiger partial charge in [0.05, 0.1) is 12.9 Å². The Morgan fingerprint density at radius 2 is 1.92 bits per heavy atom. The van der Waals surface area contributed by atoms with Crippen molar-refractivity contribution in [3.05, 3.63) is 88.8 Å². The number of hydrogen-bond donors (Lipinski definition) is 1. The van der Waals surface area contributed by atoms with Gasteiger partial charge in [-0.1, -0.05) is 35.9 Å². The second kappa shape index (κ2) is 10.0. The van der Waals surface area contributed by atoms with Gasteiger partial charge in [0.2, 0.25) is 5.91 Å². The van der Waals surface area contributed by atoms with Gasteiger partial charge in [0, 0.05) is 49.4 Å². The van der Waals surface area contributed by atoms with E-state index in [-0.39, 0.29) is 17.2 Å². The first-order valence-electron chi connectivity index (χ1n) is 13.7. The molecule has 0 unspecified atom stereocenters. The second-order valence-corrected chi connectivity index (χ2v) is 11.9. The van der Waals surface area contributed by atoms with E-state index in [0.29, 0.717) is 29.9 Å². The summed E-state index contributed by atoms with van der Waals surface area (Å²) in [4.78, 5) is 32.7. The van der Waals surface area contributed by atoms with Crippen molar-refractivity contribution in [3.63, 3.8) is 0 Å². The van der Waals surface area contributed by atoms with E-state index in [0.717, 1.165) is 44.6 Å². The number of halogens is 1. The van der Waals surface area contributed by atoms with Crippen molar-refractivity contribution in [2.75, 3.05) is 44.8 Å². The zero-order valence-corrected chi connectivity index (χ0v) is 23.3. The predicted octanol–water partition coefficient (Wildman–Crippen LogP) is 4.70. The summed E-state index contributed by atoms with van der Waals surface area (Å²) in [6.07, 6.45) is 4.10. The summed E-state index contributed by atoms with van der Waals surface area (Å²) >= 11 is 6.41. The molecule has 204 valence electrons. The fourth-order valence-electron chi connectivity index (χ4n) is 6.78. The summed E-state index contributed by atoms with van der Waals surface area (Å²) in [5, 5.41) is 3.82. The van der Waals surface area contributed by atoms with Crippen LogP contribution in [-0.4, -0.2) is 67.0 Å². The van der Waals surface area contributed by atoms with Gasteiger partial charge in [-0.25, -0.2) is 0 Å². The number of nitrogens with zero attached hydrogens (tertiary/aromatic N) is 3. The first-order valence-corrected chi connectivity index (χ1v) is 14.1. The molecule has 2 amide bonds. The number of piperidine rings is 1. The van der Waals surface area contributed by atoms with E-state index in [4.69, 9.17) is 16.0 Å². The average molecular weight is 547 g/mol. The van der Waals surface area contributed by atoms with E-state index in [1.54, 1.807) is 17.0 Å². The van der Waals surface area contributed by atoms with Crippen LogP contribution in [0.5, 0.6) is 0 Å². The molecule has 3 aliphatic rings. The van der Waals surface area contributed by atoms with Gasteiger partial charge in [0.15, 0.2) is 5.76 Å². The third-order valence-corrected chi connectivity index (χ3v) is 9.28. The second-order valence-electron chi connectivity index (χ2n) is 11.5. The highest BCUT2D eigenvalue weighted by Crippen LogP contribution is 2.55. The average Bonchev–Trinajstić information content (AvgIpc) is 3.24. The lowest BCUT2D eigenvalue weighted by atomic mass is 9.85. The SMILES string of the molecule is Cc1cccc(N2CNC(=O)C23CCN(C[C@@H]2C[C@@]2(CN(C)C(=O)c2ccco2)c2cccc(Cl)c2)CC3)c1. The van der Waals surface area contributed by atoms with Crippen LogP contribution in [0, 0.1) is 12.8 Å². The Bertz CT molecular complexity index is 1370. The number of likely N-dealkylation sites (N-methyl/N-ethyl adjacent to an activating group) is 1. The molecule has 0 bridgehead atoms. The number of furan rings is 1. The van der Waals surface area contributed by atoms with Crippen molar-refractivity contribution in [2.24, 2.45) is 5.92 Å². The van der Waals surface area contributed by atoms with E-state index < -0.39 is 5.54 Å². The maximum Gasteiger partial charge on any atom is 0.289 e. The molecule has 1 aliphatic carbocycles. The predicted molar refractivity (Wildman–Crippen MR) is 152 cm³/mol. The largest absolute Gasteiger partial charge is 0.459 e. The van der Waals surface area contributed by atoms with Gasteiger partial charge in [-0.2, -0.15) is 0 Å². The number of aryl methyl sites for hydroxylation is 1. The van der Waals surface area contributed by atoms with Crippen LogP contribution in [0.1, 0.15) is 40.9 Å². The molecule has 2 aromatic carbocycles. The molecule has 1 spiro atoms. The Morgan fingerprint density at radius 3 is 2.64 bits per heavy atom. The number of hydrogen-bond acceptors (Lipinski definition) is 5. The molecule has 2 aliphatic heterocycles. The molecule has 3 aromatic rings. The molecule has 0 radical (unpaired) electrons. The van der Waals surface area contributed by atoms with Crippen molar-refractivity contribution >= 4 is 29.1 Å². The van der Waals surface area contributed by atoms with Gasteiger partial charge in [0.1, 0.15) is 5.54 Å². The Kier molecular flexibility index (Phi) is 6.68. The van der Waals surface area contributed by atoms with Crippen molar-refractivity contribution in [1.29, 1.82) is 0 Å². The van der Waals surface area contributed by atoms with Gasteiger partial charge < -0.3 is 24.4 Å². The normalized spacial score (nSPS) is 24.1. The maximum atomic E-state index is 13.1. The molecule has 3 heterocycles. The molecular weight excluding hydrogens is 512 g/mol. The number of amides is 2. The summed E-state index contributed by atoms with van der Waals surface area (Å²) in [5.41, 5.74) is 2.82. The maximum absolute atomic E-state index is 13.1. The fourth-order valence-corrected chi connectivity index (χ4v) is 6.97. The van der Waals surface area contributed by atoms with E-state index in [2.05, 4.69) is 52.4 Å². The molecule has 1 N–H and O–H groups in total. The summed E-state index contributed by atoms with van der Waals surface area (Å²) in [5.74, 6) is 0.768. The highest BCUT2D eigenvalue weighted by atomic mass is 35.5. The van der Waals surface area contributed by atoms with Crippen LogP contribution in [-0.2, 0) is 10.2 Å². The van der Waals surface area contributed by atoms with Crippen molar-refractivity contribution < 1.29 is 14.0 Å². The van der Waals surface area contributed by atoms with Crippen molar-refractivity contribution in [1.82, 2.24) is 15.1 Å². The number of nitrogens with one attached hydrogen (secondary N) is 1. The van der Waals surface area contributed by atoms with Gasteiger partial charge in [-0.15, -0.1) is 0 Å². The number of anilines is 1. The van der Waals surface area contributed by atoms with Crippen LogP contribution >= 0.6 is 11.6 Å². The van der Waals surface area contributed by atoms with E-state index >= 15 is 0 Å². The zero-order chi connectivity index (χ0) is 27.2. The minimum atomic E-state index is -0.492. The number of likely N-dealkylation sites (tertiary alicyclic amines) is 1. The standard InChI is InChI=1S/C31H35ClN4O3/c1-22-6-3-9-26(16-22)36-21-33-29(38)31(36)11-13-35(14-12-31)19-24-18-30(24,23-7-4-8-25(32)17-23)20-34(2)28(37)27-10-5-15-39-27/h3-10,15-17,24H,11-14,18-21H2,1-2H3,(H,33,38)/t24-,30+/m0/s1. The lowest BCUT2D eigenvalue weighted by molar-refractivity contribution is -0.125. The van der Waals surface area contributed by atoms with Crippen molar-refractivity contribution in [3.8, 4) is 0 Å². The third kappa shape index (κ3) is 4.72. The van der Waals surface area contributed by atoms with Crippen LogP contribution in [0.3, 0.4) is 0 Å². The monoisotopic (exact) mass is 546 g/mol. The van der Waals surface area contributed by atoms with E-state index in [1.807, 2.05) is 25.2 Å². The Morgan fingerprint density at radius 1 is 1.13 bits per heavy atom. The molecule has 2 atom stereocenters. The van der Waals surface area contributed by atoms with Crippen LogP contribution < -0.4 is 10.2 Å². The first-order chi connectivity index (χ1) is 18.8.